The van der Waals surface area contributed by atoms with Gasteiger partial charge in [-0.15, -0.1) is 0 Å². The first-order valence-electron chi connectivity index (χ1n) is 6.80. The topological polar surface area (TPSA) is 129 Å². The van der Waals surface area contributed by atoms with Crippen LogP contribution in [0.4, 0.5) is 0 Å². The molecule has 0 spiro atoms. The second kappa shape index (κ2) is 50.2. The van der Waals surface area contributed by atoms with Gasteiger partial charge in [-0.2, -0.15) is 0 Å². The number of ether oxygens (including phenoxy) is 1. The summed E-state index contributed by atoms with van der Waals surface area (Å²) in [5.74, 6) is 0.482. The molecule has 1 saturated carbocycles. The number of hydrogen-bond acceptors (Lipinski definition) is 1. The molecule has 0 aromatic heterocycles. The third-order valence-corrected chi connectivity index (χ3v) is 3.15. The maximum absolute atomic E-state index is 7.50. The average molecular weight is 486 g/mol. The smallest absolute Gasteiger partial charge is 0 e. The van der Waals surface area contributed by atoms with Gasteiger partial charge in [-0.1, -0.05) is 43.2 Å². The summed E-state index contributed by atoms with van der Waals surface area (Å²) in [4.78, 5) is 0. The van der Waals surface area contributed by atoms with E-state index in [0.29, 0.717) is 5.92 Å². The van der Waals surface area contributed by atoms with E-state index in [1.807, 2.05) is 6.07 Å². The molecule has 9 heteroatoms. The van der Waals surface area contributed by atoms with Gasteiger partial charge in [0.05, 0.1) is 0 Å². The predicted octanol–water partition coefficient (Wildman–Crippen LogP) is 3.09. The van der Waals surface area contributed by atoms with Crippen LogP contribution in [0.5, 0.6) is 0 Å². The van der Waals surface area contributed by atoms with Gasteiger partial charge in [0.1, 0.15) is 12.2 Å². The van der Waals surface area contributed by atoms with E-state index >= 15 is 0 Å². The van der Waals surface area contributed by atoms with Gasteiger partial charge >= 0.3 is 67.8 Å². The molecule has 0 aliphatic heterocycles. The van der Waals surface area contributed by atoms with Crippen molar-refractivity contribution in [1.82, 2.24) is 0 Å². The van der Waals surface area contributed by atoms with Crippen molar-refractivity contribution in [3.05, 3.63) is 75.8 Å². The molecule has 0 bridgehead atoms. The molecule has 0 amide bonds. The van der Waals surface area contributed by atoms with E-state index in [4.69, 9.17) is 39.1 Å². The maximum Gasteiger partial charge on any atom is 0 e. The third-order valence-electron chi connectivity index (χ3n) is 3.15. The van der Waals surface area contributed by atoms with Gasteiger partial charge in [-0.25, -0.2) is 0 Å². The Labute approximate surface area is 192 Å². The van der Waals surface area contributed by atoms with Crippen LogP contribution in [0.25, 0.3) is 0 Å². The number of terminal acetylenes is 1. The molecular formula is C20H16Co2O7. The fourth-order valence-corrected chi connectivity index (χ4v) is 2.41. The van der Waals surface area contributed by atoms with Crippen LogP contribution in [-0.2, 0) is 66.2 Å². The Kier molecular flexibility index (Phi) is 79.0. The number of hydrogen-bond donors (Lipinski definition) is 0. The molecule has 0 saturated heterocycles. The van der Waals surface area contributed by atoms with Crippen molar-refractivity contribution in [2.24, 2.45) is 0 Å². The molecule has 0 N–H and O–H groups in total. The third kappa shape index (κ3) is 26.0. The van der Waals surface area contributed by atoms with Gasteiger partial charge in [0, 0.05) is 39.5 Å². The Morgan fingerprint density at radius 3 is 1.48 bits per heavy atom. The van der Waals surface area contributed by atoms with Crippen molar-refractivity contribution in [3.8, 4) is 12.5 Å². The minimum atomic E-state index is 0. The number of benzene rings is 1. The SMILES string of the molecule is C#CO[C@@H]1CCCC[C@H]1c1ccccc1.[C-]#[O+].[C-]#[O+].[C-]#[O+].[C-]#[O+].[C-]#[O+].[C-]#[O+].[Co].[Co]. The minimum Gasteiger partial charge on any atom is 0 e. The van der Waals surface area contributed by atoms with E-state index in [9.17, 15) is 0 Å². The predicted molar refractivity (Wildman–Crippen MR) is 84.9 cm³/mol. The van der Waals surface area contributed by atoms with Crippen LogP contribution >= 0.6 is 0 Å². The zero-order valence-corrected chi connectivity index (χ0v) is 17.1. The summed E-state index contributed by atoms with van der Waals surface area (Å²) in [6.45, 7) is 27.0. The molecule has 0 heterocycles. The van der Waals surface area contributed by atoms with Crippen LogP contribution in [0.2, 0.25) is 0 Å². The molecule has 29 heavy (non-hydrogen) atoms. The van der Waals surface area contributed by atoms with Crippen molar-refractivity contribution in [2.75, 3.05) is 0 Å². The minimum absolute atomic E-state index is 0. The van der Waals surface area contributed by atoms with Gasteiger partial charge in [0.25, 0.3) is 0 Å². The van der Waals surface area contributed by atoms with Crippen molar-refractivity contribution < 1.29 is 66.2 Å². The van der Waals surface area contributed by atoms with Gasteiger partial charge < -0.3 is 4.74 Å². The molecule has 1 aliphatic carbocycles. The van der Waals surface area contributed by atoms with E-state index < -0.39 is 0 Å². The largest absolute Gasteiger partial charge is 0 e. The Morgan fingerprint density at radius 1 is 0.724 bits per heavy atom. The average Bonchev–Trinajstić information content (AvgIpc) is 2.83. The van der Waals surface area contributed by atoms with Crippen LogP contribution in [0.15, 0.2) is 30.3 Å². The van der Waals surface area contributed by atoms with Gasteiger partial charge in [0.15, 0.2) is 0 Å². The van der Waals surface area contributed by atoms with Crippen molar-refractivity contribution in [2.45, 2.75) is 37.7 Å². The maximum atomic E-state index is 7.50. The van der Waals surface area contributed by atoms with Crippen molar-refractivity contribution in [3.63, 3.8) is 0 Å². The first-order chi connectivity index (χ1) is 13.4. The summed E-state index contributed by atoms with van der Waals surface area (Å²) in [7, 11) is 0. The van der Waals surface area contributed by atoms with E-state index in [0.717, 1.165) is 6.42 Å². The second-order valence-corrected chi connectivity index (χ2v) is 4.08. The van der Waals surface area contributed by atoms with Crippen molar-refractivity contribution in [1.29, 1.82) is 0 Å². The molecular weight excluding hydrogens is 470 g/mol. The monoisotopic (exact) mass is 486 g/mol. The zero-order valence-electron chi connectivity index (χ0n) is 15.0. The van der Waals surface area contributed by atoms with Crippen LogP contribution < -0.4 is 0 Å². The van der Waals surface area contributed by atoms with E-state index in [2.05, 4.69) is 70.3 Å². The quantitative estimate of drug-likeness (QED) is 0.355. The molecule has 0 unspecified atom stereocenters. The summed E-state index contributed by atoms with van der Waals surface area (Å²) in [6.07, 6.45) is 12.6. The first-order valence-corrected chi connectivity index (χ1v) is 6.80. The van der Waals surface area contributed by atoms with E-state index in [1.54, 1.807) is 0 Å². The molecule has 156 valence electrons. The molecule has 7 nitrogen and oxygen atoms in total. The van der Waals surface area contributed by atoms with E-state index in [-0.39, 0.29) is 39.7 Å². The van der Waals surface area contributed by atoms with Crippen LogP contribution in [-0.4, -0.2) is 6.10 Å². The Hall–Kier alpha value is -1.97. The van der Waals surface area contributed by atoms with Gasteiger partial charge in [0.2, 0.25) is 0 Å². The molecule has 2 rings (SSSR count). The first kappa shape index (κ1) is 45.7. The number of rotatable bonds is 2. The van der Waals surface area contributed by atoms with Gasteiger partial charge in [-0.3, -0.25) is 0 Å². The Balaban J connectivity index is -0.0000000601. The zero-order chi connectivity index (χ0) is 22.5. The summed E-state index contributed by atoms with van der Waals surface area (Å²) in [5.41, 5.74) is 1.36. The molecule has 1 aliphatic rings. The van der Waals surface area contributed by atoms with Crippen LogP contribution in [0.3, 0.4) is 0 Å². The molecule has 1 aromatic rings. The molecule has 1 fully saturated rings. The molecule has 2 radical (unpaired) electrons. The van der Waals surface area contributed by atoms with Crippen LogP contribution in [0.1, 0.15) is 37.2 Å². The summed E-state index contributed by atoms with van der Waals surface area (Å²) < 4.78 is 50.4. The summed E-state index contributed by atoms with van der Waals surface area (Å²) >= 11 is 0. The fraction of sp³-hybridized carbons (Fsp3) is 0.300. The van der Waals surface area contributed by atoms with Gasteiger partial charge in [-0.05, 0) is 24.8 Å². The van der Waals surface area contributed by atoms with Crippen molar-refractivity contribution >= 4 is 0 Å². The molecule has 2 atom stereocenters. The van der Waals surface area contributed by atoms with Crippen LogP contribution in [0, 0.1) is 52.4 Å². The van der Waals surface area contributed by atoms with E-state index in [1.165, 1.54) is 24.8 Å². The Morgan fingerprint density at radius 2 is 1.10 bits per heavy atom. The second-order valence-electron chi connectivity index (χ2n) is 4.08. The molecule has 1 aromatic carbocycles. The summed E-state index contributed by atoms with van der Waals surface area (Å²) in [6, 6.07) is 10.5. The Bertz CT molecular complexity index is 538. The summed E-state index contributed by atoms with van der Waals surface area (Å²) in [5, 5.41) is 0. The normalized spacial score (nSPS) is 13.6. The fourth-order valence-electron chi connectivity index (χ4n) is 2.41. The standard InChI is InChI=1S/C14H16O.6CO.2Co/c1-2-15-14-11-7-6-10-13(14)12-8-4-3-5-9-12;6*1-2;;/h1,3-5,8-9,13-14H,6-7,10-11H2;;;;;;;;/t13-,14+;;;;;;;;/m0......../s1.